The van der Waals surface area contributed by atoms with Crippen molar-refractivity contribution in [1.29, 1.82) is 0 Å². The van der Waals surface area contributed by atoms with Crippen LogP contribution >= 0.6 is 23.4 Å². The van der Waals surface area contributed by atoms with Crippen LogP contribution in [0.4, 0.5) is 0 Å². The van der Waals surface area contributed by atoms with Gasteiger partial charge in [-0.05, 0) is 49.9 Å². The number of amides is 1. The summed E-state index contributed by atoms with van der Waals surface area (Å²) >= 11 is 7.09. The van der Waals surface area contributed by atoms with Gasteiger partial charge in [0.1, 0.15) is 0 Å². The van der Waals surface area contributed by atoms with Crippen molar-refractivity contribution in [2.24, 2.45) is 10.2 Å². The number of hydrogen-bond acceptors (Lipinski definition) is 5. The average Bonchev–Trinajstić information content (AvgIpc) is 2.94. The Morgan fingerprint density at radius 1 is 1.17 bits per heavy atom. The zero-order valence-electron chi connectivity index (χ0n) is 13.1. The maximum Gasteiger partial charge on any atom is 0.240 e. The molecular formula is C17H18ClN3O2S. The maximum atomic E-state index is 12.3. The number of nitrogens with one attached hydrogen (secondary N) is 1. The van der Waals surface area contributed by atoms with E-state index in [1.807, 2.05) is 0 Å². The lowest BCUT2D eigenvalue weighted by Crippen LogP contribution is -2.26. The zero-order valence-corrected chi connectivity index (χ0v) is 14.7. The highest BCUT2D eigenvalue weighted by atomic mass is 35.5. The molecule has 2 fully saturated rings. The number of halogens is 1. The standard InChI is InChI=1S/C17H18ClN3O2S/c18-12-8-6-11(7-9-12)14(22)10-15-16(23)19-17(24-15)21-20-13-4-2-1-3-5-13/h6-9,15H,1-5,10H2,(H,19,21,23). The SMILES string of the molecule is O=C(CC1S/C(=N/N=C2CCCCC2)NC1=O)c1ccc(Cl)cc1. The van der Waals surface area contributed by atoms with Crippen LogP contribution in [0, 0.1) is 0 Å². The van der Waals surface area contributed by atoms with Crippen LogP contribution in [0.15, 0.2) is 34.5 Å². The lowest BCUT2D eigenvalue weighted by atomic mass is 9.99. The first-order valence-corrected chi connectivity index (χ1v) is 9.27. The normalized spacial score (nSPS) is 22.5. The largest absolute Gasteiger partial charge is 0.303 e. The highest BCUT2D eigenvalue weighted by Crippen LogP contribution is 2.25. The molecule has 1 atom stereocenters. The lowest BCUT2D eigenvalue weighted by Gasteiger charge is -2.10. The third kappa shape index (κ3) is 4.45. The van der Waals surface area contributed by atoms with Crippen LogP contribution in [0.25, 0.3) is 0 Å². The van der Waals surface area contributed by atoms with Crippen molar-refractivity contribution in [3.63, 3.8) is 0 Å². The van der Waals surface area contributed by atoms with E-state index < -0.39 is 5.25 Å². The van der Waals surface area contributed by atoms with Crippen molar-refractivity contribution >= 4 is 45.9 Å². The molecule has 1 aliphatic heterocycles. The van der Waals surface area contributed by atoms with Crippen LogP contribution in [-0.4, -0.2) is 27.8 Å². The van der Waals surface area contributed by atoms with E-state index in [1.54, 1.807) is 24.3 Å². The number of nitrogens with zero attached hydrogens (tertiary/aromatic N) is 2. The van der Waals surface area contributed by atoms with Gasteiger partial charge < -0.3 is 5.32 Å². The molecule has 7 heteroatoms. The van der Waals surface area contributed by atoms with E-state index in [0.717, 1.165) is 31.4 Å². The molecular weight excluding hydrogens is 346 g/mol. The van der Waals surface area contributed by atoms with E-state index in [2.05, 4.69) is 15.5 Å². The predicted octanol–water partition coefficient (Wildman–Crippen LogP) is 3.82. The summed E-state index contributed by atoms with van der Waals surface area (Å²) in [5.41, 5.74) is 1.64. The number of Topliss-reactive ketones (excluding diaryl/α,β-unsaturated/α-hetero) is 1. The molecule has 1 unspecified atom stereocenters. The van der Waals surface area contributed by atoms with Gasteiger partial charge in [0.2, 0.25) is 5.91 Å². The molecule has 0 bridgehead atoms. The van der Waals surface area contributed by atoms with Crippen LogP contribution in [0.1, 0.15) is 48.9 Å². The Bertz CT molecular complexity index is 692. The second-order valence-corrected chi connectivity index (χ2v) is 7.49. The fourth-order valence-electron chi connectivity index (χ4n) is 2.68. The first-order chi connectivity index (χ1) is 11.6. The molecule has 1 amide bonds. The van der Waals surface area contributed by atoms with Crippen LogP contribution in [-0.2, 0) is 4.79 Å². The summed E-state index contributed by atoms with van der Waals surface area (Å²) in [6, 6.07) is 6.69. The number of ketones is 1. The molecule has 0 spiro atoms. The number of amidine groups is 1. The Morgan fingerprint density at radius 3 is 2.58 bits per heavy atom. The molecule has 1 saturated carbocycles. The number of thioether (sulfide) groups is 1. The second-order valence-electron chi connectivity index (χ2n) is 5.86. The van der Waals surface area contributed by atoms with Gasteiger partial charge in [-0.2, -0.15) is 5.10 Å². The van der Waals surface area contributed by atoms with E-state index in [9.17, 15) is 9.59 Å². The van der Waals surface area contributed by atoms with Gasteiger partial charge >= 0.3 is 0 Å². The van der Waals surface area contributed by atoms with Gasteiger partial charge in [0, 0.05) is 22.7 Å². The molecule has 1 heterocycles. The van der Waals surface area contributed by atoms with Gasteiger partial charge in [0.05, 0.1) is 5.25 Å². The minimum absolute atomic E-state index is 0.0841. The summed E-state index contributed by atoms with van der Waals surface area (Å²) in [7, 11) is 0. The maximum absolute atomic E-state index is 12.3. The van der Waals surface area contributed by atoms with Crippen molar-refractivity contribution in [2.45, 2.75) is 43.8 Å². The van der Waals surface area contributed by atoms with Gasteiger partial charge in [-0.25, -0.2) is 0 Å². The van der Waals surface area contributed by atoms with E-state index in [1.165, 1.54) is 18.2 Å². The van der Waals surface area contributed by atoms with Gasteiger partial charge in [-0.3, -0.25) is 9.59 Å². The van der Waals surface area contributed by atoms with Gasteiger partial charge in [-0.1, -0.05) is 29.8 Å². The number of rotatable bonds is 4. The molecule has 0 aromatic heterocycles. The molecule has 0 radical (unpaired) electrons. The Labute approximate surface area is 149 Å². The second kappa shape index (κ2) is 7.94. The number of hydrogen-bond donors (Lipinski definition) is 1. The fourth-order valence-corrected chi connectivity index (χ4v) is 3.73. The Balaban J connectivity index is 1.60. The van der Waals surface area contributed by atoms with E-state index >= 15 is 0 Å². The predicted molar refractivity (Wildman–Crippen MR) is 97.9 cm³/mol. The van der Waals surface area contributed by atoms with Gasteiger partial charge in [0.25, 0.3) is 0 Å². The van der Waals surface area contributed by atoms with Crippen molar-refractivity contribution in [3.8, 4) is 0 Å². The lowest BCUT2D eigenvalue weighted by molar-refractivity contribution is -0.118. The van der Waals surface area contributed by atoms with Crippen LogP contribution < -0.4 is 5.32 Å². The summed E-state index contributed by atoms with van der Waals surface area (Å²) in [6.07, 6.45) is 5.65. The molecule has 1 aromatic carbocycles. The number of benzene rings is 1. The Hall–Kier alpha value is -1.66. The first-order valence-electron chi connectivity index (χ1n) is 8.01. The zero-order chi connectivity index (χ0) is 16.9. The van der Waals surface area contributed by atoms with Crippen LogP contribution in [0.2, 0.25) is 5.02 Å². The Kier molecular flexibility index (Phi) is 5.68. The third-order valence-electron chi connectivity index (χ3n) is 4.03. The first kappa shape index (κ1) is 17.2. The average molecular weight is 364 g/mol. The van der Waals surface area contributed by atoms with Crippen molar-refractivity contribution < 1.29 is 9.59 Å². The molecule has 1 saturated heterocycles. The Morgan fingerprint density at radius 2 is 1.88 bits per heavy atom. The van der Waals surface area contributed by atoms with Crippen molar-refractivity contribution in [2.75, 3.05) is 0 Å². The molecule has 2 aliphatic rings. The number of carbonyl (C=O) groups excluding carboxylic acids is 2. The molecule has 24 heavy (non-hydrogen) atoms. The molecule has 1 aromatic rings. The minimum atomic E-state index is -0.460. The van der Waals surface area contributed by atoms with Gasteiger partial charge in [-0.15, -0.1) is 5.10 Å². The van der Waals surface area contributed by atoms with E-state index in [4.69, 9.17) is 11.6 Å². The van der Waals surface area contributed by atoms with Crippen molar-refractivity contribution in [1.82, 2.24) is 5.32 Å². The number of carbonyl (C=O) groups is 2. The molecule has 126 valence electrons. The third-order valence-corrected chi connectivity index (χ3v) is 5.35. The highest BCUT2D eigenvalue weighted by Gasteiger charge is 2.32. The molecule has 3 rings (SSSR count). The summed E-state index contributed by atoms with van der Waals surface area (Å²) in [5, 5.41) is 11.7. The summed E-state index contributed by atoms with van der Waals surface area (Å²) in [6.45, 7) is 0. The van der Waals surface area contributed by atoms with Crippen molar-refractivity contribution in [3.05, 3.63) is 34.9 Å². The molecule has 1 N–H and O–H groups in total. The molecule has 1 aliphatic carbocycles. The quantitative estimate of drug-likeness (QED) is 0.653. The van der Waals surface area contributed by atoms with E-state index in [0.29, 0.717) is 15.8 Å². The van der Waals surface area contributed by atoms with Crippen LogP contribution in [0.3, 0.4) is 0 Å². The topological polar surface area (TPSA) is 70.9 Å². The smallest absolute Gasteiger partial charge is 0.240 e. The summed E-state index contributed by atoms with van der Waals surface area (Å²) in [5.74, 6) is -0.274. The van der Waals surface area contributed by atoms with E-state index in [-0.39, 0.29) is 18.1 Å². The monoisotopic (exact) mass is 363 g/mol. The van der Waals surface area contributed by atoms with Crippen LogP contribution in [0.5, 0.6) is 0 Å². The summed E-state index contributed by atoms with van der Waals surface area (Å²) < 4.78 is 0. The molecule has 5 nitrogen and oxygen atoms in total. The summed E-state index contributed by atoms with van der Waals surface area (Å²) in [4.78, 5) is 24.3. The minimum Gasteiger partial charge on any atom is -0.303 e. The fraction of sp³-hybridized carbons (Fsp3) is 0.412. The highest BCUT2D eigenvalue weighted by molar-refractivity contribution is 8.15. The van der Waals surface area contributed by atoms with Gasteiger partial charge in [0.15, 0.2) is 11.0 Å².